The Morgan fingerprint density at radius 1 is 1.38 bits per heavy atom. The molecule has 0 aliphatic carbocycles. The molecule has 0 N–H and O–H groups in total. The topological polar surface area (TPSA) is 17.1 Å². The Morgan fingerprint density at radius 2 is 2.00 bits per heavy atom. The molecular weight excluding hydrogens is 227 g/mol. The Hall–Kier alpha value is -0.180. The molecule has 0 radical (unpaired) electrons. The van der Waals surface area contributed by atoms with Gasteiger partial charge in [-0.3, -0.25) is 4.79 Å². The standard InChI is InChI=1S/C9H8Cl2OS/c1-2-5-3-4-6(9(12)13)8(11)7(5)10/h3-4H,2H2,1H3,(H,12,13). The lowest BCUT2D eigenvalue weighted by Crippen LogP contribution is -1.93. The number of thiol groups is 1. The van der Waals surface area contributed by atoms with Crippen molar-refractivity contribution in [3.8, 4) is 0 Å². The summed E-state index contributed by atoms with van der Waals surface area (Å²) in [5, 5.41) is 0.375. The van der Waals surface area contributed by atoms with Crippen molar-refractivity contribution in [2.24, 2.45) is 0 Å². The molecule has 0 fully saturated rings. The van der Waals surface area contributed by atoms with E-state index in [4.69, 9.17) is 23.2 Å². The molecule has 0 heterocycles. The molecule has 0 amide bonds. The van der Waals surface area contributed by atoms with Crippen LogP contribution in [0.5, 0.6) is 0 Å². The lowest BCUT2D eigenvalue weighted by Gasteiger charge is -2.05. The second-order valence-corrected chi connectivity index (χ2v) is 3.72. The van der Waals surface area contributed by atoms with Crippen molar-refractivity contribution in [2.45, 2.75) is 13.3 Å². The molecule has 0 unspecified atom stereocenters. The Balaban J connectivity index is 3.31. The highest BCUT2D eigenvalue weighted by Crippen LogP contribution is 2.30. The molecule has 0 aromatic heterocycles. The van der Waals surface area contributed by atoms with E-state index in [2.05, 4.69) is 12.6 Å². The van der Waals surface area contributed by atoms with Crippen molar-refractivity contribution in [3.05, 3.63) is 33.3 Å². The highest BCUT2D eigenvalue weighted by Gasteiger charge is 2.11. The molecule has 1 aromatic carbocycles. The summed E-state index contributed by atoms with van der Waals surface area (Å²) < 4.78 is 0. The summed E-state index contributed by atoms with van der Waals surface area (Å²) in [7, 11) is 0. The number of halogens is 2. The number of aryl methyl sites for hydroxylation is 1. The van der Waals surface area contributed by atoms with E-state index in [9.17, 15) is 4.79 Å². The van der Waals surface area contributed by atoms with E-state index in [0.29, 0.717) is 15.6 Å². The van der Waals surface area contributed by atoms with Crippen LogP contribution in [0.2, 0.25) is 10.0 Å². The van der Waals surface area contributed by atoms with Crippen molar-refractivity contribution in [2.75, 3.05) is 0 Å². The molecule has 0 aliphatic heterocycles. The predicted octanol–water partition coefficient (Wildman–Crippen LogP) is 3.63. The number of hydrogen-bond donors (Lipinski definition) is 1. The van der Waals surface area contributed by atoms with E-state index in [0.717, 1.165) is 12.0 Å². The second kappa shape index (κ2) is 4.36. The van der Waals surface area contributed by atoms with Crippen molar-refractivity contribution in [1.29, 1.82) is 0 Å². The van der Waals surface area contributed by atoms with Gasteiger partial charge in [-0.15, -0.1) is 12.6 Å². The van der Waals surface area contributed by atoms with Crippen LogP contribution in [0.4, 0.5) is 0 Å². The summed E-state index contributed by atoms with van der Waals surface area (Å²) in [4.78, 5) is 10.9. The van der Waals surface area contributed by atoms with Gasteiger partial charge in [-0.1, -0.05) is 36.2 Å². The van der Waals surface area contributed by atoms with Crippen LogP contribution in [0.15, 0.2) is 12.1 Å². The van der Waals surface area contributed by atoms with E-state index < -0.39 is 0 Å². The van der Waals surface area contributed by atoms with Gasteiger partial charge in [0, 0.05) is 5.56 Å². The summed E-state index contributed by atoms with van der Waals surface area (Å²) in [5.74, 6) is 0. The van der Waals surface area contributed by atoms with E-state index in [1.54, 1.807) is 12.1 Å². The Kier molecular flexibility index (Phi) is 3.65. The monoisotopic (exact) mass is 234 g/mol. The van der Waals surface area contributed by atoms with E-state index >= 15 is 0 Å². The van der Waals surface area contributed by atoms with Crippen LogP contribution in [0.1, 0.15) is 22.8 Å². The zero-order chi connectivity index (χ0) is 10.0. The molecule has 1 aromatic rings. The minimum atomic E-state index is -0.366. The maximum Gasteiger partial charge on any atom is 0.217 e. The van der Waals surface area contributed by atoms with Gasteiger partial charge in [0.1, 0.15) is 0 Å². The molecule has 0 aliphatic rings. The zero-order valence-corrected chi connectivity index (χ0v) is 9.38. The number of carbonyl (C=O) groups is 1. The third-order valence-corrected chi connectivity index (χ3v) is 2.94. The van der Waals surface area contributed by atoms with Gasteiger partial charge in [0.15, 0.2) is 0 Å². The van der Waals surface area contributed by atoms with Crippen LogP contribution in [0, 0.1) is 0 Å². The highest BCUT2D eigenvalue weighted by molar-refractivity contribution is 7.97. The van der Waals surface area contributed by atoms with Crippen molar-refractivity contribution >= 4 is 40.9 Å². The largest absolute Gasteiger partial charge is 0.282 e. The maximum absolute atomic E-state index is 10.9. The first kappa shape index (κ1) is 10.9. The van der Waals surface area contributed by atoms with Gasteiger partial charge in [0.05, 0.1) is 10.0 Å². The van der Waals surface area contributed by atoms with Crippen molar-refractivity contribution in [3.63, 3.8) is 0 Å². The summed E-state index contributed by atoms with van der Waals surface area (Å²) >= 11 is 15.5. The average Bonchev–Trinajstić information content (AvgIpc) is 2.09. The normalized spacial score (nSPS) is 10.2. The smallest absolute Gasteiger partial charge is 0.217 e. The predicted molar refractivity (Wildman–Crippen MR) is 59.2 cm³/mol. The molecule has 0 saturated carbocycles. The van der Waals surface area contributed by atoms with Gasteiger partial charge in [0.2, 0.25) is 5.12 Å². The van der Waals surface area contributed by atoms with E-state index in [1.807, 2.05) is 6.92 Å². The third-order valence-electron chi connectivity index (χ3n) is 1.77. The summed E-state index contributed by atoms with van der Waals surface area (Å²) in [5.41, 5.74) is 1.29. The molecule has 0 bridgehead atoms. The Bertz CT molecular complexity index is 350. The van der Waals surface area contributed by atoms with Crippen LogP contribution in [-0.2, 0) is 6.42 Å². The average molecular weight is 235 g/mol. The van der Waals surface area contributed by atoms with Crippen molar-refractivity contribution in [1.82, 2.24) is 0 Å². The molecular formula is C9H8Cl2OS. The fourth-order valence-corrected chi connectivity index (χ4v) is 1.85. The Morgan fingerprint density at radius 3 is 2.46 bits per heavy atom. The molecule has 0 saturated heterocycles. The molecule has 70 valence electrons. The van der Waals surface area contributed by atoms with Gasteiger partial charge >= 0.3 is 0 Å². The molecule has 4 heteroatoms. The summed E-state index contributed by atoms with van der Waals surface area (Å²) in [6.07, 6.45) is 0.791. The first-order valence-electron chi connectivity index (χ1n) is 3.78. The first-order valence-corrected chi connectivity index (χ1v) is 4.98. The molecule has 0 spiro atoms. The molecule has 13 heavy (non-hydrogen) atoms. The van der Waals surface area contributed by atoms with Crippen LogP contribution in [-0.4, -0.2) is 5.12 Å². The lowest BCUT2D eigenvalue weighted by atomic mass is 10.1. The SMILES string of the molecule is CCc1ccc(C(=O)S)c(Cl)c1Cl. The molecule has 1 rings (SSSR count). The van der Waals surface area contributed by atoms with Gasteiger partial charge < -0.3 is 0 Å². The van der Waals surface area contributed by atoms with E-state index in [-0.39, 0.29) is 5.12 Å². The minimum absolute atomic E-state index is 0.293. The lowest BCUT2D eigenvalue weighted by molar-refractivity contribution is 0.109. The van der Waals surface area contributed by atoms with Crippen LogP contribution < -0.4 is 0 Å². The fraction of sp³-hybridized carbons (Fsp3) is 0.222. The van der Waals surface area contributed by atoms with Gasteiger partial charge in [0.25, 0.3) is 0 Å². The van der Waals surface area contributed by atoms with Crippen LogP contribution in [0.25, 0.3) is 0 Å². The number of benzene rings is 1. The van der Waals surface area contributed by atoms with Crippen LogP contribution >= 0.6 is 35.8 Å². The summed E-state index contributed by atoms with van der Waals surface area (Å²) in [6, 6.07) is 3.43. The highest BCUT2D eigenvalue weighted by atomic mass is 35.5. The second-order valence-electron chi connectivity index (χ2n) is 2.56. The summed E-state index contributed by atoms with van der Waals surface area (Å²) in [6.45, 7) is 1.97. The Labute approximate surface area is 92.4 Å². The zero-order valence-electron chi connectivity index (χ0n) is 6.97. The van der Waals surface area contributed by atoms with Gasteiger partial charge in [-0.25, -0.2) is 0 Å². The quantitative estimate of drug-likeness (QED) is 0.774. The molecule has 0 atom stereocenters. The number of rotatable bonds is 2. The van der Waals surface area contributed by atoms with Gasteiger partial charge in [-0.05, 0) is 18.1 Å². The van der Waals surface area contributed by atoms with Gasteiger partial charge in [-0.2, -0.15) is 0 Å². The first-order chi connectivity index (χ1) is 6.07. The fourth-order valence-electron chi connectivity index (χ4n) is 1.03. The van der Waals surface area contributed by atoms with E-state index in [1.165, 1.54) is 0 Å². The van der Waals surface area contributed by atoms with Crippen LogP contribution in [0.3, 0.4) is 0 Å². The molecule has 1 nitrogen and oxygen atoms in total. The number of carbonyl (C=O) groups excluding carboxylic acids is 1. The third kappa shape index (κ3) is 2.19. The minimum Gasteiger partial charge on any atom is -0.282 e. The number of hydrogen-bond acceptors (Lipinski definition) is 1. The maximum atomic E-state index is 10.9. The van der Waals surface area contributed by atoms with Crippen molar-refractivity contribution < 1.29 is 4.79 Å².